The Kier molecular flexibility index (Phi) is 28.8. The van der Waals surface area contributed by atoms with Crippen LogP contribution in [0.3, 0.4) is 0 Å². The fourth-order valence-electron chi connectivity index (χ4n) is 8.61. The maximum Gasteiger partial charge on any atom is 0.246 e. The summed E-state index contributed by atoms with van der Waals surface area (Å²) in [6.45, 7) is 10.9. The third kappa shape index (κ3) is 21.8. The molecule has 0 radical (unpaired) electrons. The van der Waals surface area contributed by atoms with Gasteiger partial charge in [0.1, 0.15) is 42.7 Å². The predicted octanol–water partition coefficient (Wildman–Crippen LogP) is 0.209. The van der Waals surface area contributed by atoms with Gasteiger partial charge in [-0.1, -0.05) is 38.8 Å². The van der Waals surface area contributed by atoms with Crippen molar-refractivity contribution >= 4 is 29.4 Å². The smallest absolute Gasteiger partial charge is 0.246 e. The second-order valence-electron chi connectivity index (χ2n) is 19.2. The Labute approximate surface area is 428 Å². The Morgan fingerprint density at radius 2 is 1.49 bits per heavy atom. The van der Waals surface area contributed by atoms with Crippen molar-refractivity contribution in [3.8, 4) is 0 Å². The first-order chi connectivity index (χ1) is 35.1. The molecule has 4 rings (SSSR count). The van der Waals surface area contributed by atoms with Gasteiger partial charge in [0.2, 0.25) is 23.6 Å². The van der Waals surface area contributed by atoms with E-state index in [0.29, 0.717) is 71.0 Å². The van der Waals surface area contributed by atoms with Gasteiger partial charge in [-0.15, -0.1) is 5.10 Å². The van der Waals surface area contributed by atoms with Gasteiger partial charge in [-0.05, 0) is 64.7 Å². The number of unbranched alkanes of at least 4 members (excludes halogenated alkanes) is 1. The van der Waals surface area contributed by atoms with Crippen molar-refractivity contribution in [2.24, 2.45) is 5.92 Å². The van der Waals surface area contributed by atoms with Crippen molar-refractivity contribution in [1.29, 1.82) is 0 Å². The number of hydrogen-bond acceptors (Lipinski definition) is 19. The number of aromatic nitrogens is 3. The summed E-state index contributed by atoms with van der Waals surface area (Å²) in [5, 5.41) is 61.3. The number of aliphatic hydroxyl groups is 4. The summed E-state index contributed by atoms with van der Waals surface area (Å²) in [6.07, 6.45) is -0.529. The van der Waals surface area contributed by atoms with Gasteiger partial charge in [0.15, 0.2) is 18.3 Å². The van der Waals surface area contributed by atoms with Crippen LogP contribution in [0.4, 0.5) is 0 Å². The molecule has 1 aromatic rings. The molecule has 418 valence electrons. The van der Waals surface area contributed by atoms with E-state index in [0.717, 1.165) is 31.4 Å². The summed E-state index contributed by atoms with van der Waals surface area (Å²) in [5.41, 5.74) is 1.29. The van der Waals surface area contributed by atoms with Gasteiger partial charge in [-0.25, -0.2) is 4.68 Å². The molecule has 3 aliphatic rings. The standard InChI is InChI=1S/C49H85N7O17/c1-6-17-66-19-21-68-23-24-69-22-20-67-18-15-41(62)52-36(48(64)53-45(31(2)3)49(65)51-32(4)33(5)59)12-10-11-16-50-42(63)30-70-39-14-9-7-8-13-37-46(39)54-55-56(37)43-27-38(61)47(40(29-58)72-43)73-44-26-34(60)25-35(28-57)71-44/h31-32,34-36,38-40,43-45,47,57-58,60-61H,6-30H2,1-5H3,(H,50,63)(H,51,65)(H,52,62)(H,53,64)/t32-,34-,35-,36+,38+,39?,40+,43-,44+,45-,47-/m0/s1. The Morgan fingerprint density at radius 1 is 0.795 bits per heavy atom. The van der Waals surface area contributed by atoms with E-state index in [9.17, 15) is 44.4 Å². The van der Waals surface area contributed by atoms with E-state index in [1.54, 1.807) is 25.5 Å². The number of fused-ring (bicyclic) bond motifs is 1. The minimum Gasteiger partial charge on any atom is -0.394 e. The van der Waals surface area contributed by atoms with Gasteiger partial charge in [0.25, 0.3) is 0 Å². The van der Waals surface area contributed by atoms with E-state index < -0.39 is 91.6 Å². The van der Waals surface area contributed by atoms with Crippen LogP contribution in [0.25, 0.3) is 0 Å². The number of carbonyl (C=O) groups is 5. The van der Waals surface area contributed by atoms with Crippen LogP contribution in [0.1, 0.15) is 135 Å². The SMILES string of the molecule is CCCOCCOCCOCCOCCC(=O)N[C@H](CCCCNC(=O)COC1CCCCCc2c1nnn2[C@@H]1C[C@@H](O)[C@H](O[C@@H]2C[C@@H](O)C[C@@H](CO)O2)[C@@H](CO)O1)C(=O)N[C@H](C(=O)N[C@@H](C)C(C)=O)C(C)C. The fraction of sp³-hybridized carbons (Fsp3) is 0.857. The monoisotopic (exact) mass is 1040 g/mol. The molecule has 4 amide bonds. The van der Waals surface area contributed by atoms with E-state index in [-0.39, 0.29) is 82.7 Å². The number of carbonyl (C=O) groups excluding carboxylic acids is 5. The van der Waals surface area contributed by atoms with Crippen molar-refractivity contribution in [1.82, 2.24) is 36.3 Å². The number of nitrogens with zero attached hydrogens (tertiary/aromatic N) is 3. The summed E-state index contributed by atoms with van der Waals surface area (Å²) in [4.78, 5) is 64.9. The molecule has 11 atom stereocenters. The molecule has 3 heterocycles. The van der Waals surface area contributed by atoms with Gasteiger partial charge < -0.3 is 79.6 Å². The summed E-state index contributed by atoms with van der Waals surface area (Å²) in [7, 11) is 0. The lowest BCUT2D eigenvalue weighted by atomic mass is 9.97. The summed E-state index contributed by atoms with van der Waals surface area (Å²) < 4.78 is 47.6. The van der Waals surface area contributed by atoms with E-state index in [2.05, 4.69) is 31.6 Å². The zero-order chi connectivity index (χ0) is 53.1. The fourth-order valence-corrected chi connectivity index (χ4v) is 8.61. The highest BCUT2D eigenvalue weighted by Crippen LogP contribution is 2.36. The molecule has 0 bridgehead atoms. The molecule has 2 fully saturated rings. The number of ketones is 1. The van der Waals surface area contributed by atoms with Gasteiger partial charge in [-0.2, -0.15) is 0 Å². The molecule has 2 saturated heterocycles. The molecule has 1 aliphatic carbocycles. The first-order valence-corrected chi connectivity index (χ1v) is 26.2. The molecule has 8 N–H and O–H groups in total. The van der Waals surface area contributed by atoms with E-state index in [4.69, 9.17) is 37.9 Å². The normalized spacial score (nSPS) is 24.6. The molecule has 73 heavy (non-hydrogen) atoms. The average Bonchev–Trinajstić information content (AvgIpc) is 3.76. The molecule has 2 aliphatic heterocycles. The number of hydrogen-bond donors (Lipinski definition) is 8. The zero-order valence-electron chi connectivity index (χ0n) is 43.5. The molecule has 1 unspecified atom stereocenters. The van der Waals surface area contributed by atoms with Crippen LogP contribution in [0, 0.1) is 5.92 Å². The Bertz CT molecular complexity index is 1790. The van der Waals surface area contributed by atoms with Crippen LogP contribution in [0.15, 0.2) is 0 Å². The first-order valence-electron chi connectivity index (χ1n) is 26.2. The van der Waals surface area contributed by atoms with Crippen LogP contribution < -0.4 is 21.3 Å². The summed E-state index contributed by atoms with van der Waals surface area (Å²) in [6, 6.07) is -2.74. The van der Waals surface area contributed by atoms with Gasteiger partial charge in [0.05, 0.1) is 89.5 Å². The van der Waals surface area contributed by atoms with Crippen molar-refractivity contribution in [3.05, 3.63) is 11.4 Å². The summed E-state index contributed by atoms with van der Waals surface area (Å²) in [5.74, 6) is -2.47. The lowest BCUT2D eigenvalue weighted by Crippen LogP contribution is -2.57. The number of aliphatic hydroxyl groups excluding tert-OH is 4. The summed E-state index contributed by atoms with van der Waals surface area (Å²) >= 11 is 0. The highest BCUT2D eigenvalue weighted by atomic mass is 16.7. The Hall–Kier alpha value is -3.79. The van der Waals surface area contributed by atoms with E-state index in [1.807, 2.05) is 6.92 Å². The van der Waals surface area contributed by atoms with Gasteiger partial charge >= 0.3 is 0 Å². The maximum absolute atomic E-state index is 13.7. The predicted molar refractivity (Wildman–Crippen MR) is 260 cm³/mol. The van der Waals surface area contributed by atoms with Gasteiger partial charge in [-0.3, -0.25) is 24.0 Å². The second-order valence-corrected chi connectivity index (χ2v) is 19.2. The van der Waals surface area contributed by atoms with Crippen LogP contribution in [-0.2, 0) is 68.3 Å². The third-order valence-electron chi connectivity index (χ3n) is 12.8. The molecule has 0 aromatic carbocycles. The molecule has 24 nitrogen and oxygen atoms in total. The Balaban J connectivity index is 1.26. The minimum absolute atomic E-state index is 0.0294. The number of nitrogens with one attached hydrogen (secondary N) is 4. The number of Topliss-reactive ketones (excluding diaryl/α,β-unsaturated/α-hetero) is 1. The zero-order valence-corrected chi connectivity index (χ0v) is 43.5. The average molecular weight is 1040 g/mol. The largest absolute Gasteiger partial charge is 0.394 e. The lowest BCUT2D eigenvalue weighted by Gasteiger charge is -2.42. The minimum atomic E-state index is -1.10. The molecule has 0 spiro atoms. The van der Waals surface area contributed by atoms with Crippen molar-refractivity contribution < 1.29 is 82.3 Å². The molecular formula is C49H85N7O17. The molecule has 1 aromatic heterocycles. The molecule has 0 saturated carbocycles. The maximum atomic E-state index is 13.7. The number of amides is 4. The van der Waals surface area contributed by atoms with Crippen molar-refractivity contribution in [2.75, 3.05) is 79.2 Å². The van der Waals surface area contributed by atoms with Crippen LogP contribution >= 0.6 is 0 Å². The number of rotatable bonds is 34. The topological polar surface area (TPSA) is 319 Å². The van der Waals surface area contributed by atoms with Crippen molar-refractivity contribution in [3.63, 3.8) is 0 Å². The van der Waals surface area contributed by atoms with Crippen LogP contribution in [0.2, 0.25) is 0 Å². The first kappa shape index (κ1) is 61.8. The van der Waals surface area contributed by atoms with E-state index in [1.165, 1.54) is 6.92 Å². The van der Waals surface area contributed by atoms with Gasteiger partial charge in [0, 0.05) is 38.8 Å². The highest BCUT2D eigenvalue weighted by molar-refractivity contribution is 5.94. The Morgan fingerprint density at radius 3 is 2.15 bits per heavy atom. The van der Waals surface area contributed by atoms with Crippen LogP contribution in [0.5, 0.6) is 0 Å². The second kappa shape index (κ2) is 34.0. The lowest BCUT2D eigenvalue weighted by molar-refractivity contribution is -0.293. The molecule has 24 heteroatoms. The molecular weight excluding hydrogens is 959 g/mol. The number of ether oxygens (including phenoxy) is 8. The van der Waals surface area contributed by atoms with Crippen molar-refractivity contribution in [2.45, 2.75) is 185 Å². The third-order valence-corrected chi connectivity index (χ3v) is 12.8. The highest BCUT2D eigenvalue weighted by Gasteiger charge is 2.43. The van der Waals surface area contributed by atoms with E-state index >= 15 is 0 Å². The quantitative estimate of drug-likeness (QED) is 0.0428. The van der Waals surface area contributed by atoms with Crippen LogP contribution in [-0.4, -0.2) is 199 Å².